The number of hydrogen-bond acceptors (Lipinski definition) is 5. The molecule has 4 rings (SSSR count). The summed E-state index contributed by atoms with van der Waals surface area (Å²) in [6.07, 6.45) is 1.23. The fourth-order valence-electron chi connectivity index (χ4n) is 3.13. The summed E-state index contributed by atoms with van der Waals surface area (Å²) in [5.41, 5.74) is 2.70. The van der Waals surface area contributed by atoms with Crippen molar-refractivity contribution in [3.8, 4) is 5.00 Å². The summed E-state index contributed by atoms with van der Waals surface area (Å²) in [6.45, 7) is 2.47. The molecule has 6 nitrogen and oxygen atoms in total. The Labute approximate surface area is 165 Å². The largest absolute Gasteiger partial charge is 0.481 e. The van der Waals surface area contributed by atoms with Crippen LogP contribution in [0, 0.1) is 0 Å². The number of carboxylic acids is 1. The lowest BCUT2D eigenvalue weighted by molar-refractivity contribution is -0.137. The highest BCUT2D eigenvalue weighted by atomic mass is 35.5. The van der Waals surface area contributed by atoms with Gasteiger partial charge in [0.1, 0.15) is 17.4 Å². The normalized spacial score (nSPS) is 12.9. The molecule has 0 bridgehead atoms. The van der Waals surface area contributed by atoms with Crippen LogP contribution < -0.4 is 0 Å². The molecule has 0 saturated heterocycles. The molecule has 8 heteroatoms. The Bertz CT molecular complexity index is 1050. The molecule has 2 aromatic heterocycles. The zero-order valence-electron chi connectivity index (χ0n) is 14.6. The van der Waals surface area contributed by atoms with E-state index in [1.807, 2.05) is 28.8 Å². The maximum Gasteiger partial charge on any atom is 0.303 e. The van der Waals surface area contributed by atoms with Crippen molar-refractivity contribution in [3.05, 3.63) is 63.0 Å². The van der Waals surface area contributed by atoms with Crippen LogP contribution in [0.25, 0.3) is 5.00 Å². The number of hydrogen-bond donors (Lipinski definition) is 1. The number of aliphatic carboxylic acids is 1. The molecular formula is C19H17ClN4O2S. The second kappa shape index (κ2) is 7.25. The summed E-state index contributed by atoms with van der Waals surface area (Å²) < 4.78 is 1.97. The number of halogens is 1. The maximum absolute atomic E-state index is 11.0. The molecule has 138 valence electrons. The number of thiophene rings is 1. The lowest BCUT2D eigenvalue weighted by Gasteiger charge is -2.09. The Kier molecular flexibility index (Phi) is 4.80. The first kappa shape index (κ1) is 17.9. The van der Waals surface area contributed by atoms with Gasteiger partial charge in [-0.2, -0.15) is 0 Å². The second-order valence-corrected chi connectivity index (χ2v) is 7.71. The van der Waals surface area contributed by atoms with Gasteiger partial charge in [-0.3, -0.25) is 14.4 Å². The molecule has 1 aliphatic heterocycles. The number of aliphatic imine (C=N–C) groups is 1. The summed E-state index contributed by atoms with van der Waals surface area (Å²) in [4.78, 5) is 17.0. The van der Waals surface area contributed by atoms with Crippen LogP contribution in [0.1, 0.15) is 41.0 Å². The fraction of sp³-hybridized carbons (Fsp3) is 0.263. The van der Waals surface area contributed by atoms with Crippen LogP contribution in [0.4, 0.5) is 0 Å². The molecule has 0 atom stereocenters. The standard InChI is InChI=1S/C19H17ClN4O2S/c1-2-11-9-13-18(12-5-3-4-6-14(12)20)21-10-16-23-22-15(7-8-17(25)26)24(16)19(13)27-11/h3-6,9H,2,7-8,10H2,1H3,(H,25,26). The van der Waals surface area contributed by atoms with E-state index in [9.17, 15) is 4.79 Å². The van der Waals surface area contributed by atoms with Crippen LogP contribution >= 0.6 is 22.9 Å². The molecule has 0 aliphatic carbocycles. The summed E-state index contributed by atoms with van der Waals surface area (Å²) in [6, 6.07) is 9.80. The molecule has 0 spiro atoms. The predicted molar refractivity (Wildman–Crippen MR) is 105 cm³/mol. The van der Waals surface area contributed by atoms with E-state index in [2.05, 4.69) is 23.2 Å². The number of aromatic nitrogens is 3. The molecule has 27 heavy (non-hydrogen) atoms. The van der Waals surface area contributed by atoms with Gasteiger partial charge in [-0.15, -0.1) is 21.5 Å². The quantitative estimate of drug-likeness (QED) is 0.704. The van der Waals surface area contributed by atoms with E-state index in [1.54, 1.807) is 11.3 Å². The zero-order chi connectivity index (χ0) is 19.0. The Balaban J connectivity index is 1.88. The maximum atomic E-state index is 11.0. The third-order valence-corrected chi connectivity index (χ3v) is 6.03. The average molecular weight is 401 g/mol. The van der Waals surface area contributed by atoms with Crippen molar-refractivity contribution in [1.29, 1.82) is 0 Å². The predicted octanol–water partition coefficient (Wildman–Crippen LogP) is 3.91. The third kappa shape index (κ3) is 3.28. The molecule has 0 radical (unpaired) electrons. The van der Waals surface area contributed by atoms with E-state index >= 15 is 0 Å². The van der Waals surface area contributed by atoms with Gasteiger partial charge < -0.3 is 5.11 Å². The number of aryl methyl sites for hydroxylation is 2. The minimum absolute atomic E-state index is 0.0116. The van der Waals surface area contributed by atoms with Gasteiger partial charge in [0.15, 0.2) is 5.82 Å². The Morgan fingerprint density at radius 2 is 2.11 bits per heavy atom. The highest BCUT2D eigenvalue weighted by Crippen LogP contribution is 2.34. The van der Waals surface area contributed by atoms with E-state index in [-0.39, 0.29) is 6.42 Å². The number of benzene rings is 1. The van der Waals surface area contributed by atoms with Crippen LogP contribution in [0.2, 0.25) is 5.02 Å². The van der Waals surface area contributed by atoms with Gasteiger partial charge in [-0.1, -0.05) is 36.7 Å². The lowest BCUT2D eigenvalue weighted by atomic mass is 10.0. The third-order valence-electron chi connectivity index (χ3n) is 4.44. The smallest absolute Gasteiger partial charge is 0.303 e. The van der Waals surface area contributed by atoms with Crippen molar-refractivity contribution in [2.45, 2.75) is 32.7 Å². The summed E-state index contributed by atoms with van der Waals surface area (Å²) in [5.74, 6) is 0.506. The molecule has 3 heterocycles. The molecule has 0 unspecified atom stereocenters. The van der Waals surface area contributed by atoms with Crippen LogP contribution in [0.3, 0.4) is 0 Å². The van der Waals surface area contributed by atoms with Gasteiger partial charge in [0.2, 0.25) is 0 Å². The minimum atomic E-state index is -0.852. The van der Waals surface area contributed by atoms with E-state index in [1.165, 1.54) is 4.88 Å². The summed E-state index contributed by atoms with van der Waals surface area (Å²) >= 11 is 8.10. The topological polar surface area (TPSA) is 80.4 Å². The highest BCUT2D eigenvalue weighted by molar-refractivity contribution is 7.15. The average Bonchev–Trinajstić information content (AvgIpc) is 3.22. The monoisotopic (exact) mass is 400 g/mol. The van der Waals surface area contributed by atoms with Gasteiger partial charge in [-0.05, 0) is 18.6 Å². The van der Waals surface area contributed by atoms with E-state index in [0.717, 1.165) is 28.3 Å². The van der Waals surface area contributed by atoms with Crippen molar-refractivity contribution < 1.29 is 9.90 Å². The molecule has 1 N–H and O–H groups in total. The Hall–Kier alpha value is -2.51. The van der Waals surface area contributed by atoms with Crippen molar-refractivity contribution in [3.63, 3.8) is 0 Å². The second-order valence-electron chi connectivity index (χ2n) is 6.19. The molecule has 0 amide bonds. The number of fused-ring (bicyclic) bond motifs is 3. The number of rotatable bonds is 5. The van der Waals surface area contributed by atoms with Crippen molar-refractivity contribution in [2.75, 3.05) is 0 Å². The van der Waals surface area contributed by atoms with Gasteiger partial charge in [-0.25, -0.2) is 0 Å². The van der Waals surface area contributed by atoms with Gasteiger partial charge in [0.05, 0.1) is 12.1 Å². The van der Waals surface area contributed by atoms with Crippen LogP contribution in [0.15, 0.2) is 35.3 Å². The highest BCUT2D eigenvalue weighted by Gasteiger charge is 2.26. The molecule has 1 aliphatic rings. The Morgan fingerprint density at radius 1 is 1.30 bits per heavy atom. The molecule has 0 saturated carbocycles. The first-order valence-electron chi connectivity index (χ1n) is 8.66. The van der Waals surface area contributed by atoms with E-state index in [4.69, 9.17) is 21.7 Å². The van der Waals surface area contributed by atoms with Crippen LogP contribution in [0.5, 0.6) is 0 Å². The fourth-order valence-corrected chi connectivity index (χ4v) is 4.49. The van der Waals surface area contributed by atoms with Crippen molar-refractivity contribution in [2.24, 2.45) is 4.99 Å². The first-order valence-corrected chi connectivity index (χ1v) is 9.85. The zero-order valence-corrected chi connectivity index (χ0v) is 16.2. The summed E-state index contributed by atoms with van der Waals surface area (Å²) in [7, 11) is 0. The number of carbonyl (C=O) groups is 1. The van der Waals surface area contributed by atoms with E-state index in [0.29, 0.717) is 29.6 Å². The number of carboxylic acid groups (broad SMARTS) is 1. The van der Waals surface area contributed by atoms with Crippen LogP contribution in [-0.4, -0.2) is 31.6 Å². The summed E-state index contributed by atoms with van der Waals surface area (Å²) in [5, 5.41) is 19.1. The number of nitrogens with zero attached hydrogens (tertiary/aromatic N) is 4. The SMILES string of the molecule is CCc1cc2c(s1)-n1c(CCC(=O)O)nnc1CN=C2c1ccccc1Cl. The van der Waals surface area contributed by atoms with Gasteiger partial charge in [0, 0.05) is 27.4 Å². The Morgan fingerprint density at radius 3 is 2.85 bits per heavy atom. The molecule has 3 aromatic rings. The van der Waals surface area contributed by atoms with Crippen molar-refractivity contribution in [1.82, 2.24) is 14.8 Å². The van der Waals surface area contributed by atoms with Gasteiger partial charge in [0.25, 0.3) is 0 Å². The van der Waals surface area contributed by atoms with Crippen molar-refractivity contribution >= 4 is 34.6 Å². The molecule has 0 fully saturated rings. The van der Waals surface area contributed by atoms with Crippen LogP contribution in [-0.2, 0) is 24.2 Å². The van der Waals surface area contributed by atoms with Gasteiger partial charge >= 0.3 is 5.97 Å². The first-order chi connectivity index (χ1) is 13.1. The lowest BCUT2D eigenvalue weighted by Crippen LogP contribution is -2.08. The minimum Gasteiger partial charge on any atom is -0.481 e. The molecular weight excluding hydrogens is 384 g/mol. The van der Waals surface area contributed by atoms with E-state index < -0.39 is 5.97 Å². The molecule has 1 aromatic carbocycles.